The number of phenols is 1. The molecule has 0 amide bonds. The Kier molecular flexibility index (Phi) is 5.52. The molecule has 7 nitrogen and oxygen atoms in total. The van der Waals surface area contributed by atoms with Crippen molar-refractivity contribution in [2.45, 2.75) is 57.1 Å². The molecule has 1 saturated heterocycles. The van der Waals surface area contributed by atoms with E-state index in [1.807, 2.05) is 31.2 Å². The predicted octanol–water partition coefficient (Wildman–Crippen LogP) is 1.03. The number of phenolic OH excluding ortho intramolecular Hbond substituents is 1. The van der Waals surface area contributed by atoms with E-state index in [0.717, 1.165) is 5.56 Å². The van der Waals surface area contributed by atoms with Crippen LogP contribution in [0.25, 0.3) is 0 Å². The monoisotopic (exact) mass is 364 g/mol. The predicted molar refractivity (Wildman–Crippen MR) is 93.2 cm³/mol. The maximum atomic E-state index is 10.1. The van der Waals surface area contributed by atoms with Crippen LogP contribution in [0.4, 0.5) is 0 Å². The van der Waals surface area contributed by atoms with Crippen molar-refractivity contribution >= 4 is 0 Å². The van der Waals surface area contributed by atoms with Gasteiger partial charge in [-0.25, -0.2) is 0 Å². The van der Waals surface area contributed by atoms with E-state index in [9.17, 15) is 20.4 Å². The minimum atomic E-state index is -1.44. The first-order valence-corrected chi connectivity index (χ1v) is 8.59. The summed E-state index contributed by atoms with van der Waals surface area (Å²) in [4.78, 5) is 0. The van der Waals surface area contributed by atoms with Crippen LogP contribution in [0.1, 0.15) is 19.4 Å². The standard InChI is InChI=1S/C19H24O7/c1-3-4-5-6-13-8-11-7-12(20)9-14(18(11)25-13)26-19-17(23)16(22)15(21)10(2)24-19/h3-7,9-10,13,15-17,19-23H,8H2,1-2H3. The van der Waals surface area contributed by atoms with E-state index in [2.05, 4.69) is 0 Å². The molecule has 0 radical (unpaired) electrons. The van der Waals surface area contributed by atoms with Gasteiger partial charge in [0.25, 0.3) is 0 Å². The molecule has 1 aromatic rings. The van der Waals surface area contributed by atoms with Crippen molar-refractivity contribution in [3.63, 3.8) is 0 Å². The van der Waals surface area contributed by atoms with Gasteiger partial charge in [0.2, 0.25) is 6.29 Å². The Labute approximate surface area is 151 Å². The molecular weight excluding hydrogens is 340 g/mol. The molecule has 0 aromatic heterocycles. The fraction of sp³-hybridized carbons (Fsp3) is 0.474. The van der Waals surface area contributed by atoms with Gasteiger partial charge in [-0.05, 0) is 26.0 Å². The average molecular weight is 364 g/mol. The number of fused-ring (bicyclic) bond motifs is 1. The summed E-state index contributed by atoms with van der Waals surface area (Å²) in [6.07, 6.45) is 1.97. The molecule has 2 aliphatic heterocycles. The van der Waals surface area contributed by atoms with E-state index < -0.39 is 30.7 Å². The van der Waals surface area contributed by atoms with Crippen LogP contribution < -0.4 is 9.47 Å². The highest BCUT2D eigenvalue weighted by Crippen LogP contribution is 2.42. The number of hydrogen-bond donors (Lipinski definition) is 4. The number of aromatic hydroxyl groups is 1. The number of ether oxygens (including phenoxy) is 3. The number of hydrogen-bond acceptors (Lipinski definition) is 7. The van der Waals surface area contributed by atoms with Crippen molar-refractivity contribution in [2.24, 2.45) is 0 Å². The molecule has 0 spiro atoms. The molecule has 26 heavy (non-hydrogen) atoms. The van der Waals surface area contributed by atoms with Gasteiger partial charge < -0.3 is 34.6 Å². The van der Waals surface area contributed by atoms with Gasteiger partial charge in [-0.1, -0.05) is 18.2 Å². The summed E-state index contributed by atoms with van der Waals surface area (Å²) < 4.78 is 17.0. The minimum absolute atomic E-state index is 0.000588. The molecule has 1 aromatic carbocycles. The molecule has 0 bridgehead atoms. The highest BCUT2D eigenvalue weighted by Gasteiger charge is 2.43. The van der Waals surface area contributed by atoms with Crippen molar-refractivity contribution in [3.05, 3.63) is 42.0 Å². The Balaban J connectivity index is 1.80. The summed E-state index contributed by atoms with van der Waals surface area (Å²) in [5, 5.41) is 39.8. The fourth-order valence-corrected chi connectivity index (χ4v) is 3.07. The molecule has 4 N–H and O–H groups in total. The van der Waals surface area contributed by atoms with Gasteiger partial charge in [0.05, 0.1) is 6.10 Å². The van der Waals surface area contributed by atoms with Gasteiger partial charge in [-0.2, -0.15) is 0 Å². The lowest BCUT2D eigenvalue weighted by atomic mass is 10.00. The number of rotatable bonds is 4. The van der Waals surface area contributed by atoms with Gasteiger partial charge >= 0.3 is 0 Å². The molecule has 6 unspecified atom stereocenters. The van der Waals surface area contributed by atoms with E-state index in [1.54, 1.807) is 13.0 Å². The lowest BCUT2D eigenvalue weighted by molar-refractivity contribution is -0.268. The van der Waals surface area contributed by atoms with Gasteiger partial charge in [0.15, 0.2) is 11.5 Å². The first-order chi connectivity index (χ1) is 12.4. The quantitative estimate of drug-likeness (QED) is 0.591. The fourth-order valence-electron chi connectivity index (χ4n) is 3.07. The summed E-state index contributed by atoms with van der Waals surface area (Å²) in [5.74, 6) is 0.670. The van der Waals surface area contributed by atoms with Crippen LogP contribution in [0.2, 0.25) is 0 Å². The summed E-state index contributed by atoms with van der Waals surface area (Å²) in [6.45, 7) is 3.49. The van der Waals surface area contributed by atoms with Crippen molar-refractivity contribution in [2.75, 3.05) is 0 Å². The van der Waals surface area contributed by atoms with Crippen LogP contribution in [0.15, 0.2) is 36.4 Å². The van der Waals surface area contributed by atoms with E-state index in [4.69, 9.17) is 14.2 Å². The van der Waals surface area contributed by atoms with Crippen molar-refractivity contribution in [1.29, 1.82) is 0 Å². The molecule has 142 valence electrons. The number of aliphatic hydroxyl groups is 3. The smallest absolute Gasteiger partial charge is 0.229 e. The van der Waals surface area contributed by atoms with Gasteiger partial charge in [-0.15, -0.1) is 0 Å². The lowest BCUT2D eigenvalue weighted by Gasteiger charge is -2.39. The van der Waals surface area contributed by atoms with E-state index in [0.29, 0.717) is 12.2 Å². The second-order valence-electron chi connectivity index (χ2n) is 6.50. The van der Waals surface area contributed by atoms with Gasteiger partial charge in [-0.3, -0.25) is 0 Å². The molecule has 3 rings (SSSR count). The highest BCUT2D eigenvalue weighted by atomic mass is 16.7. The highest BCUT2D eigenvalue weighted by molar-refractivity contribution is 5.54. The van der Waals surface area contributed by atoms with E-state index >= 15 is 0 Å². The second kappa shape index (κ2) is 7.67. The van der Waals surface area contributed by atoms with Crippen LogP contribution in [0.3, 0.4) is 0 Å². The lowest BCUT2D eigenvalue weighted by Crippen LogP contribution is -2.58. The Morgan fingerprint density at radius 3 is 2.62 bits per heavy atom. The third-order valence-electron chi connectivity index (χ3n) is 4.49. The number of benzene rings is 1. The van der Waals surface area contributed by atoms with Gasteiger partial charge in [0.1, 0.15) is 30.2 Å². The third-order valence-corrected chi connectivity index (χ3v) is 4.49. The van der Waals surface area contributed by atoms with Crippen LogP contribution in [0, 0.1) is 0 Å². The Morgan fingerprint density at radius 1 is 1.12 bits per heavy atom. The van der Waals surface area contributed by atoms with Crippen molar-refractivity contribution in [3.8, 4) is 17.2 Å². The maximum absolute atomic E-state index is 10.1. The summed E-state index contributed by atoms with van der Waals surface area (Å²) in [6, 6.07) is 2.97. The van der Waals surface area contributed by atoms with Crippen molar-refractivity contribution in [1.82, 2.24) is 0 Å². The zero-order valence-electron chi connectivity index (χ0n) is 14.6. The Hall–Kier alpha value is -2.06. The molecule has 2 aliphatic rings. The molecule has 1 fully saturated rings. The molecular formula is C19H24O7. The largest absolute Gasteiger partial charge is 0.508 e. The summed E-state index contributed by atoms with van der Waals surface area (Å²) >= 11 is 0. The zero-order chi connectivity index (χ0) is 18.8. The summed E-state index contributed by atoms with van der Waals surface area (Å²) in [5.41, 5.74) is 0.772. The Bertz CT molecular complexity index is 699. The zero-order valence-corrected chi connectivity index (χ0v) is 14.6. The summed E-state index contributed by atoms with van der Waals surface area (Å²) in [7, 11) is 0. The SMILES string of the molecule is CC=CC=CC1Cc2cc(O)cc(OC3OC(C)C(O)C(O)C3O)c2O1. The maximum Gasteiger partial charge on any atom is 0.229 e. The Morgan fingerprint density at radius 2 is 1.88 bits per heavy atom. The molecule has 0 aliphatic carbocycles. The molecule has 0 saturated carbocycles. The normalized spacial score (nSPS) is 34.2. The van der Waals surface area contributed by atoms with E-state index in [1.165, 1.54) is 6.07 Å². The minimum Gasteiger partial charge on any atom is -0.508 e. The van der Waals surface area contributed by atoms with Crippen LogP contribution in [0.5, 0.6) is 17.2 Å². The van der Waals surface area contributed by atoms with Crippen LogP contribution >= 0.6 is 0 Å². The number of allylic oxidation sites excluding steroid dienone is 3. The van der Waals surface area contributed by atoms with Crippen LogP contribution in [-0.2, 0) is 11.2 Å². The van der Waals surface area contributed by atoms with Crippen molar-refractivity contribution < 1.29 is 34.6 Å². The topological polar surface area (TPSA) is 109 Å². The number of aliphatic hydroxyl groups excluding tert-OH is 3. The van der Waals surface area contributed by atoms with Gasteiger partial charge in [0, 0.05) is 18.1 Å². The third kappa shape index (κ3) is 3.71. The first kappa shape index (κ1) is 18.7. The molecule has 7 heteroatoms. The van der Waals surface area contributed by atoms with Crippen LogP contribution in [-0.4, -0.2) is 57.2 Å². The second-order valence-corrected chi connectivity index (χ2v) is 6.50. The first-order valence-electron chi connectivity index (χ1n) is 8.59. The molecule has 6 atom stereocenters. The molecule has 2 heterocycles. The average Bonchev–Trinajstić information content (AvgIpc) is 3.00. The van der Waals surface area contributed by atoms with E-state index in [-0.39, 0.29) is 17.6 Å².